The van der Waals surface area contributed by atoms with Crippen LogP contribution in [-0.4, -0.2) is 29.3 Å². The van der Waals surface area contributed by atoms with E-state index in [-0.39, 0.29) is 16.0 Å². The number of benzene rings is 1. The van der Waals surface area contributed by atoms with Gasteiger partial charge < -0.3 is 5.11 Å². The number of nitrogens with zero attached hydrogens (tertiary/aromatic N) is 2. The summed E-state index contributed by atoms with van der Waals surface area (Å²) in [5, 5.41) is 12.9. The van der Waals surface area contributed by atoms with Gasteiger partial charge in [-0.2, -0.15) is 5.10 Å². The van der Waals surface area contributed by atoms with Crippen LogP contribution in [0.15, 0.2) is 41.6 Å². The van der Waals surface area contributed by atoms with Gasteiger partial charge in [-0.25, -0.2) is 13.2 Å². The Morgan fingerprint density at radius 3 is 2.27 bits per heavy atom. The number of aromatic carboxylic acids is 1. The number of hydrogen-bond acceptors (Lipinski definition) is 4. The molecule has 0 unspecified atom stereocenters. The number of sulfonamides is 1. The van der Waals surface area contributed by atoms with E-state index in [0.717, 1.165) is 0 Å². The molecule has 0 radical (unpaired) electrons. The minimum Gasteiger partial charge on any atom is -0.478 e. The average Bonchev–Trinajstić information content (AvgIpc) is 2.86. The van der Waals surface area contributed by atoms with Crippen LogP contribution in [0.25, 0.3) is 0 Å². The molecule has 1 heterocycles. The normalized spacial score (nSPS) is 12.1. The van der Waals surface area contributed by atoms with Gasteiger partial charge in [0.1, 0.15) is 0 Å². The quantitative estimate of drug-likeness (QED) is 0.897. The second-order valence-electron chi connectivity index (χ2n) is 5.78. The lowest BCUT2D eigenvalue weighted by molar-refractivity contribution is 0.0696. The van der Waals surface area contributed by atoms with E-state index in [2.05, 4.69) is 9.82 Å². The third-order valence-corrected chi connectivity index (χ3v) is 4.33. The molecule has 0 fully saturated rings. The summed E-state index contributed by atoms with van der Waals surface area (Å²) in [7, 11) is -3.78. The number of hydrogen-bond donors (Lipinski definition) is 2. The molecular weight excluding hydrogens is 306 g/mol. The van der Waals surface area contributed by atoms with Crippen LogP contribution in [0, 0.1) is 0 Å². The van der Waals surface area contributed by atoms with E-state index in [0.29, 0.717) is 5.69 Å². The van der Waals surface area contributed by atoms with E-state index in [1.54, 1.807) is 10.9 Å². The summed E-state index contributed by atoms with van der Waals surface area (Å²) >= 11 is 0. The zero-order valence-corrected chi connectivity index (χ0v) is 13.3. The first kappa shape index (κ1) is 16.0. The maximum absolute atomic E-state index is 12.2. The fourth-order valence-electron chi connectivity index (χ4n) is 1.73. The fraction of sp³-hybridized carbons (Fsp3) is 0.286. The number of carboxylic acid groups (broad SMARTS) is 1. The molecule has 0 saturated carbocycles. The Labute approximate surface area is 128 Å². The van der Waals surface area contributed by atoms with Crippen molar-refractivity contribution in [3.8, 4) is 0 Å². The minimum absolute atomic E-state index is 0.0130. The highest BCUT2D eigenvalue weighted by molar-refractivity contribution is 7.92. The molecule has 7 nitrogen and oxygen atoms in total. The van der Waals surface area contributed by atoms with Crippen LogP contribution >= 0.6 is 0 Å². The van der Waals surface area contributed by atoms with Crippen molar-refractivity contribution in [2.24, 2.45) is 0 Å². The van der Waals surface area contributed by atoms with Gasteiger partial charge in [0.25, 0.3) is 10.0 Å². The Kier molecular flexibility index (Phi) is 3.97. The summed E-state index contributed by atoms with van der Waals surface area (Å²) < 4.78 is 28.6. The van der Waals surface area contributed by atoms with Gasteiger partial charge in [-0.05, 0) is 45.0 Å². The van der Waals surface area contributed by atoms with Crippen molar-refractivity contribution in [1.82, 2.24) is 9.78 Å². The molecule has 0 amide bonds. The first-order valence-corrected chi connectivity index (χ1v) is 7.99. The van der Waals surface area contributed by atoms with Gasteiger partial charge in [0.15, 0.2) is 0 Å². The maximum Gasteiger partial charge on any atom is 0.335 e. The zero-order valence-electron chi connectivity index (χ0n) is 12.4. The average molecular weight is 323 g/mol. The van der Waals surface area contributed by atoms with E-state index in [1.807, 2.05) is 20.8 Å². The number of carboxylic acids is 1. The van der Waals surface area contributed by atoms with Crippen LogP contribution in [-0.2, 0) is 15.6 Å². The van der Waals surface area contributed by atoms with E-state index < -0.39 is 16.0 Å². The van der Waals surface area contributed by atoms with Crippen LogP contribution in [0.2, 0.25) is 0 Å². The van der Waals surface area contributed by atoms with Gasteiger partial charge in [-0.3, -0.25) is 9.40 Å². The summed E-state index contributed by atoms with van der Waals surface area (Å²) in [6, 6.07) is 4.99. The topological polar surface area (TPSA) is 101 Å². The van der Waals surface area contributed by atoms with Crippen molar-refractivity contribution >= 4 is 21.7 Å². The molecule has 0 spiro atoms. The van der Waals surface area contributed by atoms with Crippen molar-refractivity contribution in [2.75, 3.05) is 4.72 Å². The van der Waals surface area contributed by atoms with Crippen LogP contribution in [0.5, 0.6) is 0 Å². The highest BCUT2D eigenvalue weighted by Gasteiger charge is 2.18. The fourth-order valence-corrected chi connectivity index (χ4v) is 2.76. The molecule has 0 atom stereocenters. The van der Waals surface area contributed by atoms with Crippen molar-refractivity contribution in [3.05, 3.63) is 42.2 Å². The highest BCUT2D eigenvalue weighted by atomic mass is 32.2. The third-order valence-electron chi connectivity index (χ3n) is 2.93. The molecule has 0 saturated heterocycles. The van der Waals surface area contributed by atoms with Crippen molar-refractivity contribution in [1.29, 1.82) is 0 Å². The van der Waals surface area contributed by atoms with Gasteiger partial charge in [0, 0.05) is 6.20 Å². The standard InChI is InChI=1S/C14H17N3O4S/c1-14(2,3)17-9-11(8-15-17)16-22(20,21)12-6-4-10(5-7-12)13(18)19/h4-9,16H,1-3H3,(H,18,19). The summed E-state index contributed by atoms with van der Waals surface area (Å²) in [4.78, 5) is 10.8. The summed E-state index contributed by atoms with van der Waals surface area (Å²) in [5.74, 6) is -1.11. The number of nitrogens with one attached hydrogen (secondary N) is 1. The second kappa shape index (κ2) is 5.45. The lowest BCUT2D eigenvalue weighted by Gasteiger charge is -2.18. The largest absolute Gasteiger partial charge is 0.478 e. The number of rotatable bonds is 4. The van der Waals surface area contributed by atoms with Crippen molar-refractivity contribution in [2.45, 2.75) is 31.2 Å². The van der Waals surface area contributed by atoms with Crippen LogP contribution in [0.4, 0.5) is 5.69 Å². The molecule has 0 bridgehead atoms. The van der Waals surface area contributed by atoms with Gasteiger partial charge >= 0.3 is 5.97 Å². The van der Waals surface area contributed by atoms with Gasteiger partial charge in [0.2, 0.25) is 0 Å². The van der Waals surface area contributed by atoms with E-state index in [4.69, 9.17) is 5.11 Å². The Balaban J connectivity index is 2.24. The smallest absolute Gasteiger partial charge is 0.335 e. The number of aromatic nitrogens is 2. The zero-order chi connectivity index (χ0) is 16.5. The van der Waals surface area contributed by atoms with Crippen LogP contribution in [0.3, 0.4) is 0 Å². The minimum atomic E-state index is -3.78. The highest BCUT2D eigenvalue weighted by Crippen LogP contribution is 2.19. The Morgan fingerprint density at radius 2 is 1.82 bits per heavy atom. The van der Waals surface area contributed by atoms with E-state index >= 15 is 0 Å². The van der Waals surface area contributed by atoms with Gasteiger partial charge in [-0.15, -0.1) is 0 Å². The van der Waals surface area contributed by atoms with Gasteiger partial charge in [0.05, 0.1) is 27.9 Å². The first-order chi connectivity index (χ1) is 10.1. The molecule has 1 aromatic carbocycles. The predicted octanol–water partition coefficient (Wildman–Crippen LogP) is 2.14. The van der Waals surface area contributed by atoms with Crippen LogP contribution < -0.4 is 4.72 Å². The SMILES string of the molecule is CC(C)(C)n1cc(NS(=O)(=O)c2ccc(C(=O)O)cc2)cn1. The molecular formula is C14H17N3O4S. The summed E-state index contributed by atoms with van der Waals surface area (Å²) in [5.41, 5.74) is 0.115. The Bertz CT molecular complexity index is 786. The van der Waals surface area contributed by atoms with E-state index in [1.165, 1.54) is 30.5 Å². The molecule has 0 aliphatic carbocycles. The first-order valence-electron chi connectivity index (χ1n) is 6.51. The number of carbonyl (C=O) groups is 1. The molecule has 22 heavy (non-hydrogen) atoms. The molecule has 1 aromatic heterocycles. The molecule has 118 valence electrons. The monoisotopic (exact) mass is 323 g/mol. The maximum atomic E-state index is 12.2. The molecule has 2 aromatic rings. The lowest BCUT2D eigenvalue weighted by Crippen LogP contribution is -2.22. The van der Waals surface area contributed by atoms with Crippen molar-refractivity contribution < 1.29 is 18.3 Å². The second-order valence-corrected chi connectivity index (χ2v) is 7.46. The molecule has 2 N–H and O–H groups in total. The number of anilines is 1. The molecule has 0 aliphatic heterocycles. The summed E-state index contributed by atoms with van der Waals surface area (Å²) in [6.07, 6.45) is 3.03. The van der Waals surface area contributed by atoms with Crippen molar-refractivity contribution in [3.63, 3.8) is 0 Å². The third kappa shape index (κ3) is 3.45. The Morgan fingerprint density at radius 1 is 1.23 bits per heavy atom. The predicted molar refractivity (Wildman–Crippen MR) is 81.4 cm³/mol. The molecule has 2 rings (SSSR count). The Hall–Kier alpha value is -2.35. The lowest BCUT2D eigenvalue weighted by atomic mass is 10.1. The van der Waals surface area contributed by atoms with E-state index in [9.17, 15) is 13.2 Å². The van der Waals surface area contributed by atoms with Crippen LogP contribution in [0.1, 0.15) is 31.1 Å². The molecule has 0 aliphatic rings. The van der Waals surface area contributed by atoms with Gasteiger partial charge in [-0.1, -0.05) is 0 Å². The molecule has 8 heteroatoms. The summed E-state index contributed by atoms with van der Waals surface area (Å²) in [6.45, 7) is 5.84.